The molecule has 0 atom stereocenters. The molecule has 0 aromatic carbocycles. The van der Waals surface area contributed by atoms with Gasteiger partial charge in [-0.2, -0.15) is 18.4 Å². The van der Waals surface area contributed by atoms with E-state index in [0.29, 0.717) is 54.4 Å². The van der Waals surface area contributed by atoms with Crippen LogP contribution < -0.4 is 10.6 Å². The zero-order valence-electron chi connectivity index (χ0n) is 20.8. The number of pyridine rings is 2. The largest absolute Gasteiger partial charge is 0.393 e. The lowest BCUT2D eigenvalue weighted by atomic mass is 9.91. The smallest absolute Gasteiger partial charge is 0.381 e. The highest BCUT2D eigenvalue weighted by atomic mass is 19.4. The highest BCUT2D eigenvalue weighted by Gasteiger charge is 2.29. The Labute approximate surface area is 213 Å². The lowest BCUT2D eigenvalue weighted by Gasteiger charge is -2.23. The number of H-pyrrole nitrogens is 1. The molecule has 194 valence electrons. The number of anilines is 1. The molecule has 3 aromatic heterocycles. The van der Waals surface area contributed by atoms with Crippen molar-refractivity contribution in [2.45, 2.75) is 57.3 Å². The van der Waals surface area contributed by atoms with E-state index in [-0.39, 0.29) is 11.6 Å². The van der Waals surface area contributed by atoms with E-state index in [2.05, 4.69) is 43.5 Å². The number of hydrogen-bond acceptors (Lipinski definition) is 6. The van der Waals surface area contributed by atoms with Gasteiger partial charge in [-0.15, -0.1) is 0 Å². The van der Waals surface area contributed by atoms with E-state index in [1.54, 1.807) is 32.2 Å². The summed E-state index contributed by atoms with van der Waals surface area (Å²) in [7, 11) is 0. The van der Waals surface area contributed by atoms with E-state index >= 15 is 0 Å². The van der Waals surface area contributed by atoms with Gasteiger partial charge in [-0.25, -0.2) is 4.98 Å². The Kier molecular flexibility index (Phi) is 8.01. The molecule has 1 saturated heterocycles. The Bertz CT molecular complexity index is 1320. The van der Waals surface area contributed by atoms with Crippen molar-refractivity contribution in [1.82, 2.24) is 20.3 Å². The molecule has 4 rings (SSSR count). The fourth-order valence-electron chi connectivity index (χ4n) is 4.11. The Morgan fingerprint density at radius 1 is 1.19 bits per heavy atom. The zero-order chi connectivity index (χ0) is 26.5. The summed E-state index contributed by atoms with van der Waals surface area (Å²) in [4.78, 5) is 11.9. The minimum absolute atomic E-state index is 0.152. The molecule has 0 radical (unpaired) electrons. The van der Waals surface area contributed by atoms with Crippen LogP contribution >= 0.6 is 0 Å². The third kappa shape index (κ3) is 7.22. The molecule has 4 heterocycles. The van der Waals surface area contributed by atoms with E-state index in [1.807, 2.05) is 6.07 Å². The van der Waals surface area contributed by atoms with Crippen molar-refractivity contribution in [3.05, 3.63) is 53.1 Å². The maximum atomic E-state index is 13.3. The molecule has 0 bridgehead atoms. The molecule has 1 aliphatic heterocycles. The summed E-state index contributed by atoms with van der Waals surface area (Å²) in [6.45, 7) is 5.66. The zero-order valence-corrected chi connectivity index (χ0v) is 20.8. The van der Waals surface area contributed by atoms with Crippen molar-refractivity contribution in [3.8, 4) is 17.9 Å². The number of hydrogen-bond donors (Lipinski definition) is 3. The van der Waals surface area contributed by atoms with Gasteiger partial charge in [0, 0.05) is 25.8 Å². The molecule has 0 saturated carbocycles. The number of alkyl halides is 3. The van der Waals surface area contributed by atoms with E-state index in [9.17, 15) is 18.4 Å². The summed E-state index contributed by atoms with van der Waals surface area (Å²) < 4.78 is 45.2. The van der Waals surface area contributed by atoms with Crippen LogP contribution in [0.4, 0.5) is 18.9 Å². The monoisotopic (exact) mass is 510 g/mol. The van der Waals surface area contributed by atoms with Crippen LogP contribution in [0.3, 0.4) is 0 Å². The highest BCUT2D eigenvalue weighted by molar-refractivity contribution is 5.81. The first-order chi connectivity index (χ1) is 17.6. The van der Waals surface area contributed by atoms with Crippen LogP contribution in [0.25, 0.3) is 11.0 Å². The van der Waals surface area contributed by atoms with Gasteiger partial charge in [-0.1, -0.05) is 5.92 Å². The first kappa shape index (κ1) is 26.5. The van der Waals surface area contributed by atoms with Gasteiger partial charge in [0.2, 0.25) is 0 Å². The summed E-state index contributed by atoms with van der Waals surface area (Å²) in [6.07, 6.45) is -2.01. The summed E-state index contributed by atoms with van der Waals surface area (Å²) >= 11 is 0. The minimum atomic E-state index is -4.34. The Morgan fingerprint density at radius 3 is 2.65 bits per heavy atom. The molecule has 1 aliphatic rings. The second-order valence-corrected chi connectivity index (χ2v) is 9.60. The number of nitrogens with one attached hydrogen (secondary N) is 3. The second kappa shape index (κ2) is 11.2. The van der Waals surface area contributed by atoms with Gasteiger partial charge >= 0.3 is 6.18 Å². The van der Waals surface area contributed by atoms with Crippen LogP contribution in [-0.4, -0.2) is 46.9 Å². The first-order valence-corrected chi connectivity index (χ1v) is 12.1. The average Bonchev–Trinajstić information content (AvgIpc) is 3.29. The number of ether oxygens (including phenoxy) is 1. The summed E-state index contributed by atoms with van der Waals surface area (Å²) in [5.74, 6) is 5.93. The second-order valence-electron chi connectivity index (χ2n) is 9.60. The number of fused-ring (bicyclic) bond motifs is 1. The SMILES string of the molecule is CC(C)(C#N)c1ccc(NCC#Cc2cc3nc(CNC4CCOCC4)cc(CC(F)(F)F)c3[nH]2)cn1. The molecule has 10 heteroatoms. The predicted molar refractivity (Wildman–Crippen MR) is 135 cm³/mol. The third-order valence-electron chi connectivity index (χ3n) is 6.19. The van der Waals surface area contributed by atoms with Crippen molar-refractivity contribution >= 4 is 16.7 Å². The molecule has 3 aromatic rings. The quantitative estimate of drug-likeness (QED) is 0.402. The molecule has 0 aliphatic carbocycles. The van der Waals surface area contributed by atoms with Crippen molar-refractivity contribution in [3.63, 3.8) is 0 Å². The van der Waals surface area contributed by atoms with Crippen molar-refractivity contribution < 1.29 is 17.9 Å². The Balaban J connectivity index is 1.46. The number of rotatable bonds is 7. The molecule has 3 N–H and O–H groups in total. The molecule has 37 heavy (non-hydrogen) atoms. The van der Waals surface area contributed by atoms with Gasteiger partial charge in [0.25, 0.3) is 0 Å². The summed E-state index contributed by atoms with van der Waals surface area (Å²) in [5, 5.41) is 15.7. The van der Waals surface area contributed by atoms with Gasteiger partial charge in [0.1, 0.15) is 0 Å². The van der Waals surface area contributed by atoms with E-state index in [0.717, 1.165) is 18.5 Å². The number of halogens is 3. The standard InChI is InChI=1S/C27H29F3N6O/c1-26(2,17-31)24-6-5-21(15-34-24)32-9-3-4-20-13-23-25(36-20)18(14-27(28,29)30)12-22(35-23)16-33-19-7-10-37-11-8-19/h5-6,12-13,15,19,32-33,36H,7-11,14,16H2,1-2H3. The van der Waals surface area contributed by atoms with Crippen LogP contribution in [0.15, 0.2) is 30.5 Å². The topological polar surface area (TPSA) is 98.6 Å². The van der Waals surface area contributed by atoms with Crippen molar-refractivity contribution in [2.24, 2.45) is 0 Å². The lowest BCUT2D eigenvalue weighted by Crippen LogP contribution is -2.34. The molecular weight excluding hydrogens is 481 g/mol. The third-order valence-corrected chi connectivity index (χ3v) is 6.19. The molecule has 1 fully saturated rings. The van der Waals surface area contributed by atoms with Crippen LogP contribution in [0, 0.1) is 23.2 Å². The number of aromatic amines is 1. The number of nitrogens with zero attached hydrogens (tertiary/aromatic N) is 3. The molecule has 0 unspecified atom stereocenters. The van der Waals surface area contributed by atoms with Crippen molar-refractivity contribution in [2.75, 3.05) is 25.1 Å². The highest BCUT2D eigenvalue weighted by Crippen LogP contribution is 2.27. The van der Waals surface area contributed by atoms with E-state index in [4.69, 9.17) is 4.74 Å². The lowest BCUT2D eigenvalue weighted by molar-refractivity contribution is -0.127. The van der Waals surface area contributed by atoms with Crippen LogP contribution in [0.2, 0.25) is 0 Å². The van der Waals surface area contributed by atoms with Crippen LogP contribution in [0.1, 0.15) is 49.3 Å². The van der Waals surface area contributed by atoms with Gasteiger partial charge < -0.3 is 20.4 Å². The molecule has 7 nitrogen and oxygen atoms in total. The number of nitriles is 1. The fraction of sp³-hybridized carbons (Fsp3) is 0.444. The van der Waals surface area contributed by atoms with Gasteiger partial charge in [0.15, 0.2) is 0 Å². The Morgan fingerprint density at radius 2 is 1.97 bits per heavy atom. The first-order valence-electron chi connectivity index (χ1n) is 12.1. The van der Waals surface area contributed by atoms with Crippen molar-refractivity contribution in [1.29, 1.82) is 5.26 Å². The molecule has 0 spiro atoms. The Hall–Kier alpha value is -3.60. The van der Waals surface area contributed by atoms with Gasteiger partial charge in [0.05, 0.1) is 64.4 Å². The molecular formula is C27H29F3N6O. The maximum absolute atomic E-state index is 13.3. The van der Waals surface area contributed by atoms with Gasteiger partial charge in [-0.05, 0) is 62.4 Å². The van der Waals surface area contributed by atoms with Crippen LogP contribution in [0.5, 0.6) is 0 Å². The van der Waals surface area contributed by atoms with E-state index < -0.39 is 18.0 Å². The fourth-order valence-corrected chi connectivity index (χ4v) is 4.11. The predicted octanol–water partition coefficient (Wildman–Crippen LogP) is 4.60. The normalized spacial score (nSPS) is 14.7. The van der Waals surface area contributed by atoms with Crippen LogP contribution in [-0.2, 0) is 23.1 Å². The van der Waals surface area contributed by atoms with Gasteiger partial charge in [-0.3, -0.25) is 4.98 Å². The maximum Gasteiger partial charge on any atom is 0.393 e. The summed E-state index contributed by atoms with van der Waals surface area (Å²) in [5.41, 5.74) is 2.77. The molecule has 0 amide bonds. The number of aromatic nitrogens is 3. The van der Waals surface area contributed by atoms with E-state index in [1.165, 1.54) is 6.07 Å². The minimum Gasteiger partial charge on any atom is -0.381 e. The summed E-state index contributed by atoms with van der Waals surface area (Å²) in [6, 6.07) is 9.30. The average molecular weight is 511 g/mol.